The summed E-state index contributed by atoms with van der Waals surface area (Å²) in [5.74, 6) is -0.299. The van der Waals surface area contributed by atoms with E-state index in [1.165, 1.54) is 11.6 Å². The number of pyridine rings is 2. The predicted molar refractivity (Wildman–Crippen MR) is 159 cm³/mol. The Morgan fingerprint density at radius 1 is 0.683 bits per heavy atom. The van der Waals surface area contributed by atoms with Crippen molar-refractivity contribution in [3.05, 3.63) is 145 Å². The SMILES string of the molecule is Cc1ccc(-c2[c-]cccc2)nc1.Cc1ccnc(-c2[c-]ccc3c2oc2c(-c4ccccc4)c(F)ccc23)c1.[Ir]. The van der Waals surface area contributed by atoms with Gasteiger partial charge in [0.15, 0.2) is 0 Å². The summed E-state index contributed by atoms with van der Waals surface area (Å²) in [6.45, 7) is 4.05. The van der Waals surface area contributed by atoms with Crippen molar-refractivity contribution in [2.24, 2.45) is 0 Å². The number of hydrogen-bond donors (Lipinski definition) is 0. The zero-order valence-electron chi connectivity index (χ0n) is 22.5. The van der Waals surface area contributed by atoms with E-state index in [2.05, 4.69) is 28.2 Å². The molecule has 0 atom stereocenters. The van der Waals surface area contributed by atoms with Crippen LogP contribution in [-0.4, -0.2) is 9.97 Å². The smallest absolute Gasteiger partial charge is 0.134 e. The van der Waals surface area contributed by atoms with Gasteiger partial charge in [-0.3, -0.25) is 0 Å². The van der Waals surface area contributed by atoms with Crippen LogP contribution in [-0.2, 0) is 20.1 Å². The van der Waals surface area contributed by atoms with Gasteiger partial charge in [-0.15, -0.1) is 54.1 Å². The Morgan fingerprint density at radius 2 is 1.49 bits per heavy atom. The van der Waals surface area contributed by atoms with E-state index in [0.717, 1.165) is 44.4 Å². The minimum absolute atomic E-state index is 0. The molecule has 0 spiro atoms. The summed E-state index contributed by atoms with van der Waals surface area (Å²) in [5, 5.41) is 1.81. The van der Waals surface area contributed by atoms with Gasteiger partial charge in [-0.05, 0) is 54.6 Å². The summed E-state index contributed by atoms with van der Waals surface area (Å²) < 4.78 is 21.0. The normalized spacial score (nSPS) is 10.6. The first-order chi connectivity index (χ1) is 19.6. The molecule has 1 radical (unpaired) electrons. The average molecular weight is 713 g/mol. The molecule has 3 aromatic heterocycles. The van der Waals surface area contributed by atoms with Crippen molar-refractivity contribution in [2.45, 2.75) is 13.8 Å². The molecule has 5 heteroatoms. The molecule has 0 unspecified atom stereocenters. The van der Waals surface area contributed by atoms with Gasteiger partial charge in [0.25, 0.3) is 0 Å². The van der Waals surface area contributed by atoms with Crippen molar-refractivity contribution in [3.8, 4) is 33.6 Å². The van der Waals surface area contributed by atoms with Gasteiger partial charge < -0.3 is 14.4 Å². The zero-order chi connectivity index (χ0) is 27.5. The number of aryl methyl sites for hydroxylation is 2. The van der Waals surface area contributed by atoms with E-state index in [-0.39, 0.29) is 25.9 Å². The third-order valence-corrected chi connectivity index (χ3v) is 6.68. The molecular weight excluding hydrogens is 688 g/mol. The fraction of sp³-hybridized carbons (Fsp3) is 0.0556. The van der Waals surface area contributed by atoms with Gasteiger partial charge in [-0.1, -0.05) is 65.0 Å². The molecule has 41 heavy (non-hydrogen) atoms. The van der Waals surface area contributed by atoms with Crippen LogP contribution in [0.1, 0.15) is 11.1 Å². The molecule has 0 saturated carbocycles. The quantitative estimate of drug-likeness (QED) is 0.172. The molecule has 7 rings (SSSR count). The molecule has 0 bridgehead atoms. The summed E-state index contributed by atoms with van der Waals surface area (Å²) in [5.41, 5.74) is 8.38. The molecule has 0 saturated heterocycles. The second-order valence-electron chi connectivity index (χ2n) is 9.58. The number of halogens is 1. The van der Waals surface area contributed by atoms with Crippen LogP contribution >= 0.6 is 0 Å². The van der Waals surface area contributed by atoms with Gasteiger partial charge in [0.1, 0.15) is 11.4 Å². The first-order valence-electron chi connectivity index (χ1n) is 13.0. The largest absolute Gasteiger partial charge is 0.500 e. The summed E-state index contributed by atoms with van der Waals surface area (Å²) in [4.78, 5) is 8.78. The summed E-state index contributed by atoms with van der Waals surface area (Å²) in [6, 6.07) is 38.8. The Labute approximate surface area is 252 Å². The molecule has 7 aromatic rings. The van der Waals surface area contributed by atoms with Crippen LogP contribution in [0.2, 0.25) is 0 Å². The minimum atomic E-state index is -0.299. The molecule has 0 aliphatic heterocycles. The van der Waals surface area contributed by atoms with Crippen molar-refractivity contribution in [1.29, 1.82) is 0 Å². The van der Waals surface area contributed by atoms with Crippen LogP contribution in [0.3, 0.4) is 0 Å². The first kappa shape index (κ1) is 28.1. The molecule has 4 aromatic carbocycles. The van der Waals surface area contributed by atoms with Crippen molar-refractivity contribution in [1.82, 2.24) is 9.97 Å². The van der Waals surface area contributed by atoms with E-state index in [1.807, 2.05) is 105 Å². The third-order valence-electron chi connectivity index (χ3n) is 6.68. The number of benzene rings is 4. The van der Waals surface area contributed by atoms with Gasteiger partial charge >= 0.3 is 0 Å². The van der Waals surface area contributed by atoms with E-state index >= 15 is 0 Å². The Kier molecular flexibility index (Phi) is 8.49. The predicted octanol–water partition coefficient (Wildman–Crippen LogP) is 9.42. The van der Waals surface area contributed by atoms with Gasteiger partial charge in [-0.2, -0.15) is 0 Å². The molecule has 0 aliphatic rings. The maximum atomic E-state index is 14.7. The second-order valence-corrected chi connectivity index (χ2v) is 9.58. The number of hydrogen-bond acceptors (Lipinski definition) is 3. The van der Waals surface area contributed by atoms with Crippen molar-refractivity contribution in [3.63, 3.8) is 0 Å². The van der Waals surface area contributed by atoms with Crippen LogP contribution in [0.4, 0.5) is 4.39 Å². The molecular formula is C36H25FIrN2O-2. The van der Waals surface area contributed by atoms with Gasteiger partial charge in [-0.25, -0.2) is 4.39 Å². The summed E-state index contributed by atoms with van der Waals surface area (Å²) >= 11 is 0. The van der Waals surface area contributed by atoms with Crippen LogP contribution in [0.15, 0.2) is 120 Å². The molecule has 3 heterocycles. The number of nitrogens with zero attached hydrogens (tertiary/aromatic N) is 2. The van der Waals surface area contributed by atoms with Crippen LogP contribution < -0.4 is 0 Å². The minimum Gasteiger partial charge on any atom is -0.500 e. The summed E-state index contributed by atoms with van der Waals surface area (Å²) in [6.07, 6.45) is 3.64. The topological polar surface area (TPSA) is 38.9 Å². The van der Waals surface area contributed by atoms with E-state index < -0.39 is 0 Å². The number of aromatic nitrogens is 2. The summed E-state index contributed by atoms with van der Waals surface area (Å²) in [7, 11) is 0. The van der Waals surface area contributed by atoms with Crippen LogP contribution in [0.5, 0.6) is 0 Å². The number of furan rings is 1. The number of rotatable bonds is 3. The standard InChI is InChI=1S/C24H15FNO.C12H10N.Ir/c1-15-12-13-26-21(14-15)19-9-5-8-17-18-10-11-20(25)22(24(18)27-23(17)19)16-6-3-2-4-7-16;1-10-7-8-12(13-9-10)11-5-3-2-4-6-11;/h2-8,10-14H,1H3;2-5,7-9H,1H3;/q2*-1;. The van der Waals surface area contributed by atoms with E-state index in [9.17, 15) is 4.39 Å². The van der Waals surface area contributed by atoms with E-state index in [1.54, 1.807) is 12.3 Å². The maximum absolute atomic E-state index is 14.7. The number of fused-ring (bicyclic) bond motifs is 3. The molecule has 0 fully saturated rings. The van der Waals surface area contributed by atoms with Crippen LogP contribution in [0.25, 0.3) is 55.6 Å². The molecule has 203 valence electrons. The third kappa shape index (κ3) is 5.88. The van der Waals surface area contributed by atoms with Gasteiger partial charge in [0.2, 0.25) is 0 Å². The van der Waals surface area contributed by atoms with Crippen molar-refractivity contribution in [2.75, 3.05) is 0 Å². The first-order valence-corrected chi connectivity index (χ1v) is 13.0. The van der Waals surface area contributed by atoms with Gasteiger partial charge in [0.05, 0.1) is 11.1 Å². The Hall–Kier alpha value is -4.44. The van der Waals surface area contributed by atoms with Gasteiger partial charge in [0, 0.05) is 37.9 Å². The zero-order valence-corrected chi connectivity index (χ0v) is 24.9. The molecule has 0 N–H and O–H groups in total. The van der Waals surface area contributed by atoms with Crippen molar-refractivity contribution < 1.29 is 28.9 Å². The Bertz CT molecular complexity index is 1920. The van der Waals surface area contributed by atoms with Crippen molar-refractivity contribution >= 4 is 21.9 Å². The fourth-order valence-corrected chi connectivity index (χ4v) is 4.70. The maximum Gasteiger partial charge on any atom is 0.134 e. The van der Waals surface area contributed by atoms with E-state index in [4.69, 9.17) is 4.42 Å². The second kappa shape index (κ2) is 12.4. The Morgan fingerprint density at radius 3 is 2.22 bits per heavy atom. The van der Waals surface area contributed by atoms with E-state index in [0.29, 0.717) is 16.7 Å². The molecule has 0 aliphatic carbocycles. The average Bonchev–Trinajstić information content (AvgIpc) is 3.37. The molecule has 0 amide bonds. The van der Waals surface area contributed by atoms with Crippen LogP contribution in [0, 0.1) is 31.8 Å². The Balaban J connectivity index is 0.000000204. The monoisotopic (exact) mass is 713 g/mol. The molecule has 3 nitrogen and oxygen atoms in total. The fourth-order valence-electron chi connectivity index (χ4n) is 4.70.